The number of halogens is 1. The second kappa shape index (κ2) is 7.87. The molecule has 1 aromatic carbocycles. The van der Waals surface area contributed by atoms with Gasteiger partial charge in [0.1, 0.15) is 0 Å². The van der Waals surface area contributed by atoms with Crippen LogP contribution < -0.4 is 10.5 Å². The van der Waals surface area contributed by atoms with Crippen molar-refractivity contribution in [3.05, 3.63) is 34.6 Å². The molecule has 2 heterocycles. The summed E-state index contributed by atoms with van der Waals surface area (Å²) < 4.78 is 6.36. The van der Waals surface area contributed by atoms with Crippen LogP contribution in [0.1, 0.15) is 19.3 Å². The molecule has 7 heteroatoms. The van der Waals surface area contributed by atoms with E-state index in [-0.39, 0.29) is 17.4 Å². The third-order valence-electron chi connectivity index (χ3n) is 4.68. The maximum atomic E-state index is 12.6. The van der Waals surface area contributed by atoms with Crippen LogP contribution in [0.2, 0.25) is 0 Å². The van der Waals surface area contributed by atoms with E-state index in [9.17, 15) is 9.59 Å². The summed E-state index contributed by atoms with van der Waals surface area (Å²) in [4.78, 5) is 26.5. The molecule has 2 aromatic rings. The summed E-state index contributed by atoms with van der Waals surface area (Å²) in [6, 6.07) is 7.54. The summed E-state index contributed by atoms with van der Waals surface area (Å²) in [5, 5.41) is 6.12. The molecule has 0 radical (unpaired) electrons. The maximum Gasteiger partial charge on any atom is 0.308 e. The number of esters is 1. The van der Waals surface area contributed by atoms with E-state index in [0.29, 0.717) is 37.3 Å². The Kier molecular flexibility index (Phi) is 5.58. The lowest BCUT2D eigenvalue weighted by Crippen LogP contribution is -2.38. The van der Waals surface area contributed by atoms with Gasteiger partial charge in [0.2, 0.25) is 0 Å². The summed E-state index contributed by atoms with van der Waals surface area (Å²) in [7, 11) is 1.43. The topological polar surface area (TPSA) is 64.4 Å². The van der Waals surface area contributed by atoms with E-state index in [0.717, 1.165) is 24.0 Å². The number of methoxy groups -OCH3 is 1. The zero-order valence-electron chi connectivity index (χ0n) is 14.3. The highest BCUT2D eigenvalue weighted by atomic mass is 35.5. The number of aryl methyl sites for hydroxylation is 1. The van der Waals surface area contributed by atoms with Gasteiger partial charge in [0.15, 0.2) is 5.82 Å². The van der Waals surface area contributed by atoms with E-state index in [1.165, 1.54) is 11.8 Å². The number of rotatable bonds is 5. The van der Waals surface area contributed by atoms with E-state index in [1.54, 1.807) is 0 Å². The lowest BCUT2D eigenvalue weighted by atomic mass is 9.97. The van der Waals surface area contributed by atoms with Crippen molar-refractivity contribution in [3.8, 4) is 0 Å². The molecule has 0 spiro atoms. The van der Waals surface area contributed by atoms with Gasteiger partial charge in [-0.1, -0.05) is 18.2 Å². The lowest BCUT2D eigenvalue weighted by molar-refractivity contribution is -0.146. The number of alkyl halides is 1. The van der Waals surface area contributed by atoms with E-state index >= 15 is 0 Å². The number of nitrogens with zero attached hydrogens (tertiary/aromatic N) is 3. The average Bonchev–Trinajstić information content (AvgIpc) is 2.67. The minimum Gasteiger partial charge on any atom is -0.469 e. The standard InChI is InChI=1S/C18H22ClN3O3/c1-25-18(24)13-7-11-21(12-8-13)16-14-5-2-3-6-15(14)17(23)22(20-16)10-4-9-19/h2-3,5-6,13H,4,7-12H2,1H3. The Hall–Kier alpha value is -2.08. The van der Waals surface area contributed by atoms with Crippen LogP contribution in [0.3, 0.4) is 0 Å². The van der Waals surface area contributed by atoms with Gasteiger partial charge >= 0.3 is 5.97 Å². The molecule has 1 fully saturated rings. The first-order valence-electron chi connectivity index (χ1n) is 8.54. The first-order valence-corrected chi connectivity index (χ1v) is 9.07. The molecule has 3 rings (SSSR count). The van der Waals surface area contributed by atoms with Crippen LogP contribution in [0, 0.1) is 5.92 Å². The number of carbonyl (C=O) groups excluding carboxylic acids is 1. The van der Waals surface area contributed by atoms with E-state index < -0.39 is 0 Å². The van der Waals surface area contributed by atoms with Gasteiger partial charge in [-0.15, -0.1) is 11.6 Å². The number of fused-ring (bicyclic) bond motifs is 1. The smallest absolute Gasteiger partial charge is 0.308 e. The third kappa shape index (κ3) is 3.63. The van der Waals surface area contributed by atoms with Gasteiger partial charge in [0.05, 0.1) is 18.4 Å². The van der Waals surface area contributed by atoms with Crippen molar-refractivity contribution in [3.63, 3.8) is 0 Å². The van der Waals surface area contributed by atoms with Gasteiger partial charge < -0.3 is 9.64 Å². The van der Waals surface area contributed by atoms with Crippen LogP contribution >= 0.6 is 11.6 Å². The van der Waals surface area contributed by atoms with Crippen LogP contribution in [0.25, 0.3) is 10.8 Å². The molecular formula is C18H22ClN3O3. The Labute approximate surface area is 151 Å². The largest absolute Gasteiger partial charge is 0.469 e. The average molecular weight is 364 g/mol. The molecular weight excluding hydrogens is 342 g/mol. The molecule has 25 heavy (non-hydrogen) atoms. The molecule has 0 unspecified atom stereocenters. The Morgan fingerprint density at radius 3 is 2.60 bits per heavy atom. The Morgan fingerprint density at radius 1 is 1.28 bits per heavy atom. The van der Waals surface area contributed by atoms with Crippen LogP contribution in [0.4, 0.5) is 5.82 Å². The number of benzene rings is 1. The number of hydrogen-bond donors (Lipinski definition) is 0. The van der Waals surface area contributed by atoms with Crippen LogP contribution in [-0.2, 0) is 16.1 Å². The highest BCUT2D eigenvalue weighted by Gasteiger charge is 2.27. The number of carbonyl (C=O) groups is 1. The van der Waals surface area contributed by atoms with E-state index in [4.69, 9.17) is 16.3 Å². The molecule has 1 saturated heterocycles. The van der Waals surface area contributed by atoms with Crippen molar-refractivity contribution in [2.75, 3.05) is 31.0 Å². The third-order valence-corrected chi connectivity index (χ3v) is 4.95. The predicted octanol–water partition coefficient (Wildman–Crippen LogP) is 2.41. The summed E-state index contributed by atoms with van der Waals surface area (Å²) in [6.07, 6.45) is 2.14. The molecule has 1 aliphatic heterocycles. The van der Waals surface area contributed by atoms with Crippen molar-refractivity contribution in [2.24, 2.45) is 5.92 Å². The van der Waals surface area contributed by atoms with E-state index in [2.05, 4.69) is 10.00 Å². The van der Waals surface area contributed by atoms with Crippen molar-refractivity contribution < 1.29 is 9.53 Å². The van der Waals surface area contributed by atoms with Gasteiger partial charge in [0, 0.05) is 30.9 Å². The fourth-order valence-electron chi connectivity index (χ4n) is 3.31. The van der Waals surface area contributed by atoms with Crippen LogP contribution in [0.5, 0.6) is 0 Å². The predicted molar refractivity (Wildman–Crippen MR) is 98.3 cm³/mol. The van der Waals surface area contributed by atoms with Gasteiger partial charge in [-0.05, 0) is 25.3 Å². The Bertz CT molecular complexity index is 813. The van der Waals surface area contributed by atoms with E-state index in [1.807, 2.05) is 24.3 Å². The number of ether oxygens (including phenoxy) is 1. The monoisotopic (exact) mass is 363 g/mol. The number of piperidine rings is 1. The highest BCUT2D eigenvalue weighted by Crippen LogP contribution is 2.27. The number of hydrogen-bond acceptors (Lipinski definition) is 5. The SMILES string of the molecule is COC(=O)C1CCN(c2nn(CCCCl)c(=O)c3ccccc23)CC1. The van der Waals surface area contributed by atoms with Gasteiger partial charge in [0.25, 0.3) is 5.56 Å². The van der Waals surface area contributed by atoms with Crippen molar-refractivity contribution in [1.29, 1.82) is 0 Å². The van der Waals surface area contributed by atoms with Gasteiger partial charge in [-0.3, -0.25) is 9.59 Å². The van der Waals surface area contributed by atoms with Gasteiger partial charge in [-0.25, -0.2) is 4.68 Å². The minimum atomic E-state index is -0.149. The fraction of sp³-hybridized carbons (Fsp3) is 0.500. The molecule has 134 valence electrons. The summed E-state index contributed by atoms with van der Waals surface area (Å²) in [5.41, 5.74) is -0.0890. The number of aromatic nitrogens is 2. The molecule has 0 bridgehead atoms. The molecule has 1 aromatic heterocycles. The first-order chi connectivity index (χ1) is 12.2. The van der Waals surface area contributed by atoms with Crippen LogP contribution in [0.15, 0.2) is 29.1 Å². The molecule has 0 saturated carbocycles. The van der Waals surface area contributed by atoms with Crippen molar-refractivity contribution in [2.45, 2.75) is 25.8 Å². The summed E-state index contributed by atoms with van der Waals surface area (Å²) >= 11 is 5.77. The lowest BCUT2D eigenvalue weighted by Gasteiger charge is -2.32. The maximum absolute atomic E-state index is 12.6. The van der Waals surface area contributed by atoms with Crippen LogP contribution in [-0.4, -0.2) is 41.8 Å². The first kappa shape index (κ1) is 17.7. The quantitative estimate of drug-likeness (QED) is 0.603. The molecule has 0 aliphatic carbocycles. The fourth-order valence-corrected chi connectivity index (χ4v) is 3.43. The van der Waals surface area contributed by atoms with Crippen molar-refractivity contribution in [1.82, 2.24) is 9.78 Å². The minimum absolute atomic E-state index is 0.0605. The summed E-state index contributed by atoms with van der Waals surface area (Å²) in [5.74, 6) is 1.08. The molecule has 6 nitrogen and oxygen atoms in total. The Balaban J connectivity index is 1.94. The van der Waals surface area contributed by atoms with Crippen molar-refractivity contribution >= 4 is 34.2 Å². The molecule has 0 N–H and O–H groups in total. The molecule has 1 aliphatic rings. The normalized spacial score (nSPS) is 15.5. The second-order valence-corrected chi connectivity index (χ2v) is 6.60. The second-order valence-electron chi connectivity index (χ2n) is 6.22. The zero-order chi connectivity index (χ0) is 17.8. The van der Waals surface area contributed by atoms with Gasteiger partial charge in [-0.2, -0.15) is 5.10 Å². The Morgan fingerprint density at radius 2 is 1.96 bits per heavy atom. The summed E-state index contributed by atoms with van der Waals surface area (Å²) in [6.45, 7) is 1.92. The molecule has 0 amide bonds. The zero-order valence-corrected chi connectivity index (χ0v) is 15.0. The number of anilines is 1. The molecule has 0 atom stereocenters. The highest BCUT2D eigenvalue weighted by molar-refractivity contribution is 6.17.